The van der Waals surface area contributed by atoms with Crippen molar-refractivity contribution in [3.8, 4) is 16.3 Å². The van der Waals surface area contributed by atoms with Crippen LogP contribution in [-0.2, 0) is 11.2 Å². The summed E-state index contributed by atoms with van der Waals surface area (Å²) in [5.74, 6) is -0.0356. The number of hydrogen-bond acceptors (Lipinski definition) is 5. The van der Waals surface area contributed by atoms with Gasteiger partial charge >= 0.3 is 0 Å². The first-order valence-corrected chi connectivity index (χ1v) is 9.76. The molecule has 1 aromatic heterocycles. The summed E-state index contributed by atoms with van der Waals surface area (Å²) in [6.45, 7) is 4.48. The zero-order valence-corrected chi connectivity index (χ0v) is 16.5. The second-order valence-corrected chi connectivity index (χ2v) is 7.01. The fourth-order valence-electron chi connectivity index (χ4n) is 2.58. The Hall–Kier alpha value is -3.19. The third-order valence-corrected chi connectivity index (χ3v) is 4.84. The minimum Gasteiger partial charge on any atom is -0.494 e. The fraction of sp³-hybridized carbons (Fsp3) is 0.190. The number of benzene rings is 2. The van der Waals surface area contributed by atoms with Crippen LogP contribution in [0, 0.1) is 6.92 Å². The highest BCUT2D eigenvalue weighted by atomic mass is 32.1. The normalized spacial score (nSPS) is 10.4. The van der Waals surface area contributed by atoms with E-state index in [9.17, 15) is 9.59 Å². The predicted molar refractivity (Wildman–Crippen MR) is 109 cm³/mol. The van der Waals surface area contributed by atoms with Gasteiger partial charge in [-0.1, -0.05) is 23.8 Å². The number of thiazole rings is 1. The van der Waals surface area contributed by atoms with Crippen molar-refractivity contribution in [3.63, 3.8) is 0 Å². The van der Waals surface area contributed by atoms with Gasteiger partial charge in [-0.3, -0.25) is 20.4 Å². The molecule has 2 amide bonds. The van der Waals surface area contributed by atoms with E-state index in [0.29, 0.717) is 23.6 Å². The number of carbonyl (C=O) groups excluding carboxylic acids is 2. The molecule has 0 saturated carbocycles. The van der Waals surface area contributed by atoms with Gasteiger partial charge in [-0.15, -0.1) is 11.3 Å². The number of nitrogens with one attached hydrogen (secondary N) is 2. The summed E-state index contributed by atoms with van der Waals surface area (Å²) < 4.78 is 5.34. The van der Waals surface area contributed by atoms with Crippen LogP contribution in [0.2, 0.25) is 0 Å². The van der Waals surface area contributed by atoms with Gasteiger partial charge in [0.1, 0.15) is 10.8 Å². The molecule has 1 heterocycles. The molecule has 3 aromatic rings. The third kappa shape index (κ3) is 5.17. The van der Waals surface area contributed by atoms with Crippen LogP contribution in [-0.4, -0.2) is 23.4 Å². The maximum Gasteiger partial charge on any atom is 0.269 e. The van der Waals surface area contributed by atoms with Crippen LogP contribution in [0.3, 0.4) is 0 Å². The molecule has 6 nitrogen and oxygen atoms in total. The lowest BCUT2D eigenvalue weighted by atomic mass is 10.1. The highest BCUT2D eigenvalue weighted by molar-refractivity contribution is 7.13. The first-order valence-electron chi connectivity index (χ1n) is 8.88. The van der Waals surface area contributed by atoms with E-state index >= 15 is 0 Å². The minimum absolute atomic E-state index is 0.0892. The fourth-order valence-corrected chi connectivity index (χ4v) is 3.39. The summed E-state index contributed by atoms with van der Waals surface area (Å²) in [6, 6.07) is 14.8. The molecule has 0 fully saturated rings. The first-order chi connectivity index (χ1) is 13.5. The zero-order chi connectivity index (χ0) is 19.9. The van der Waals surface area contributed by atoms with Gasteiger partial charge in [0.25, 0.3) is 5.91 Å². The van der Waals surface area contributed by atoms with Crippen LogP contribution in [0.1, 0.15) is 28.5 Å². The Morgan fingerprint density at radius 3 is 2.61 bits per heavy atom. The molecule has 0 aliphatic heterocycles. The van der Waals surface area contributed by atoms with Crippen molar-refractivity contribution in [1.82, 2.24) is 15.8 Å². The van der Waals surface area contributed by atoms with Crippen LogP contribution in [0.4, 0.5) is 0 Å². The lowest BCUT2D eigenvalue weighted by molar-refractivity contribution is -0.121. The Balaban J connectivity index is 1.52. The molecule has 0 saturated heterocycles. The van der Waals surface area contributed by atoms with Crippen LogP contribution >= 0.6 is 11.3 Å². The van der Waals surface area contributed by atoms with Crippen molar-refractivity contribution in [2.75, 3.05) is 6.61 Å². The van der Waals surface area contributed by atoms with Crippen molar-refractivity contribution in [3.05, 3.63) is 70.7 Å². The highest BCUT2D eigenvalue weighted by Crippen LogP contribution is 2.24. The van der Waals surface area contributed by atoms with Crippen LogP contribution in [0.5, 0.6) is 5.75 Å². The molecule has 0 spiro atoms. The maximum absolute atomic E-state index is 12.1. The average molecular weight is 395 g/mol. The average Bonchev–Trinajstić information content (AvgIpc) is 3.15. The van der Waals surface area contributed by atoms with E-state index in [0.717, 1.165) is 16.1 Å². The second kappa shape index (κ2) is 9.14. The Labute approximate surface area is 167 Å². The van der Waals surface area contributed by atoms with Crippen molar-refractivity contribution >= 4 is 23.2 Å². The number of carbonyl (C=O) groups is 2. The first kappa shape index (κ1) is 19.6. The van der Waals surface area contributed by atoms with E-state index in [1.807, 2.05) is 37.4 Å². The van der Waals surface area contributed by atoms with Gasteiger partial charge in [-0.05, 0) is 44.2 Å². The number of hydrogen-bond donors (Lipinski definition) is 2. The molecule has 0 unspecified atom stereocenters. The van der Waals surface area contributed by atoms with Crippen molar-refractivity contribution in [1.29, 1.82) is 0 Å². The lowest BCUT2D eigenvalue weighted by Crippen LogP contribution is -2.42. The maximum atomic E-state index is 12.1. The molecular formula is C21H21N3O3S. The van der Waals surface area contributed by atoms with Crippen molar-refractivity contribution in [2.24, 2.45) is 0 Å². The van der Waals surface area contributed by atoms with Crippen LogP contribution in [0.15, 0.2) is 53.9 Å². The molecule has 28 heavy (non-hydrogen) atoms. The number of rotatable bonds is 6. The molecule has 0 aliphatic carbocycles. The number of aromatic nitrogens is 1. The van der Waals surface area contributed by atoms with Crippen LogP contribution in [0.25, 0.3) is 10.6 Å². The number of aryl methyl sites for hydroxylation is 1. The summed E-state index contributed by atoms with van der Waals surface area (Å²) in [6.07, 6.45) is 0.0892. The largest absolute Gasteiger partial charge is 0.494 e. The Morgan fingerprint density at radius 1 is 1.11 bits per heavy atom. The second-order valence-electron chi connectivity index (χ2n) is 6.15. The molecule has 7 heteroatoms. The summed E-state index contributed by atoms with van der Waals surface area (Å²) in [5.41, 5.74) is 8.11. The lowest BCUT2D eigenvalue weighted by Gasteiger charge is -2.07. The minimum atomic E-state index is -0.393. The predicted octanol–water partition coefficient (Wildman–Crippen LogP) is 3.52. The van der Waals surface area contributed by atoms with E-state index in [-0.39, 0.29) is 12.3 Å². The van der Waals surface area contributed by atoms with Gasteiger partial charge in [0.15, 0.2) is 0 Å². The number of ether oxygens (including phenoxy) is 1. The molecule has 0 radical (unpaired) electrons. The van der Waals surface area contributed by atoms with Gasteiger partial charge < -0.3 is 4.74 Å². The molecule has 3 rings (SSSR count). The summed E-state index contributed by atoms with van der Waals surface area (Å²) >= 11 is 1.49. The molecule has 0 bridgehead atoms. The number of amides is 2. The summed E-state index contributed by atoms with van der Waals surface area (Å²) in [7, 11) is 0. The van der Waals surface area contributed by atoms with Gasteiger partial charge in [0.2, 0.25) is 5.91 Å². The Morgan fingerprint density at radius 2 is 1.89 bits per heavy atom. The number of hydrazine groups is 1. The van der Waals surface area contributed by atoms with Gasteiger partial charge in [0, 0.05) is 16.5 Å². The standard InChI is InChI=1S/C21H21N3O3S/c1-3-27-18-9-7-15(8-10-18)20(26)24-23-19(25)12-17-13-28-21(22-17)16-6-4-5-14(2)11-16/h4-11,13H,3,12H2,1-2H3,(H,23,25)(H,24,26). The SMILES string of the molecule is CCOc1ccc(C(=O)NNC(=O)Cc2csc(-c3cccc(C)c3)n2)cc1. The molecule has 0 aliphatic rings. The van der Waals surface area contributed by atoms with Crippen LogP contribution < -0.4 is 15.6 Å². The Kier molecular flexibility index (Phi) is 6.39. The van der Waals surface area contributed by atoms with E-state index in [1.165, 1.54) is 11.3 Å². The van der Waals surface area contributed by atoms with Crippen molar-refractivity contribution in [2.45, 2.75) is 20.3 Å². The quantitative estimate of drug-likeness (QED) is 0.626. The molecule has 0 atom stereocenters. The number of nitrogens with zero attached hydrogens (tertiary/aromatic N) is 1. The van der Waals surface area contributed by atoms with Gasteiger partial charge in [0.05, 0.1) is 18.7 Å². The molecule has 2 N–H and O–H groups in total. The third-order valence-electron chi connectivity index (χ3n) is 3.90. The molecule has 2 aromatic carbocycles. The smallest absolute Gasteiger partial charge is 0.269 e. The topological polar surface area (TPSA) is 80.3 Å². The van der Waals surface area contributed by atoms with E-state index in [1.54, 1.807) is 24.3 Å². The van der Waals surface area contributed by atoms with E-state index in [2.05, 4.69) is 21.9 Å². The molecule has 144 valence electrons. The van der Waals surface area contributed by atoms with E-state index < -0.39 is 5.91 Å². The molecular weight excluding hydrogens is 374 g/mol. The Bertz CT molecular complexity index is 967. The zero-order valence-electron chi connectivity index (χ0n) is 15.7. The summed E-state index contributed by atoms with van der Waals surface area (Å²) in [5, 5.41) is 2.72. The van der Waals surface area contributed by atoms with E-state index in [4.69, 9.17) is 4.74 Å². The highest BCUT2D eigenvalue weighted by Gasteiger charge is 2.11. The van der Waals surface area contributed by atoms with Gasteiger partial charge in [-0.2, -0.15) is 0 Å². The van der Waals surface area contributed by atoms with Gasteiger partial charge in [-0.25, -0.2) is 4.98 Å². The monoisotopic (exact) mass is 395 g/mol. The van der Waals surface area contributed by atoms with Crippen molar-refractivity contribution < 1.29 is 14.3 Å². The summed E-state index contributed by atoms with van der Waals surface area (Å²) in [4.78, 5) is 28.7.